The van der Waals surface area contributed by atoms with Gasteiger partial charge in [-0.25, -0.2) is 8.51 Å². The van der Waals surface area contributed by atoms with E-state index in [1.54, 1.807) is 11.8 Å². The number of aromatic nitrogens is 4. The second-order valence-corrected chi connectivity index (χ2v) is 11.2. The van der Waals surface area contributed by atoms with Crippen molar-refractivity contribution in [3.05, 3.63) is 66.7 Å². The molecule has 5 rings (SSSR count). The second-order valence-electron chi connectivity index (χ2n) is 8.87. The first kappa shape index (κ1) is 24.7. The van der Waals surface area contributed by atoms with E-state index in [0.29, 0.717) is 5.82 Å². The van der Waals surface area contributed by atoms with Crippen molar-refractivity contribution >= 4 is 34.1 Å². The smallest absolute Gasteiger partial charge is 0.204 e. The summed E-state index contributed by atoms with van der Waals surface area (Å²) in [5.41, 5.74) is 5.08. The average Bonchev–Trinajstić information content (AvgIpc) is 3.45. The van der Waals surface area contributed by atoms with Gasteiger partial charge in [-0.3, -0.25) is 0 Å². The van der Waals surface area contributed by atoms with Crippen LogP contribution in [0.5, 0.6) is 0 Å². The van der Waals surface area contributed by atoms with Crippen LogP contribution in [0.3, 0.4) is 0 Å². The predicted octanol–water partition coefficient (Wildman–Crippen LogP) is 5.92. The van der Waals surface area contributed by atoms with Gasteiger partial charge in [-0.2, -0.15) is 5.21 Å². The Morgan fingerprint density at radius 3 is 2.61 bits per heavy atom. The lowest BCUT2D eigenvalue weighted by Crippen LogP contribution is -2.38. The number of hydrogen-bond donors (Lipinski definition) is 1. The number of fused-ring (bicyclic) bond motifs is 1. The minimum Gasteiger partial charge on any atom is -0.339 e. The number of benzene rings is 3. The molecule has 1 aliphatic rings. The van der Waals surface area contributed by atoms with Crippen molar-refractivity contribution in [2.45, 2.75) is 42.0 Å². The first-order chi connectivity index (χ1) is 17.6. The molecule has 1 aliphatic heterocycles. The van der Waals surface area contributed by atoms with Crippen molar-refractivity contribution in [2.75, 3.05) is 24.7 Å². The predicted molar refractivity (Wildman–Crippen MR) is 148 cm³/mol. The van der Waals surface area contributed by atoms with Gasteiger partial charge in [-0.15, -0.1) is 22.0 Å². The maximum absolute atomic E-state index is 14.0. The van der Waals surface area contributed by atoms with E-state index in [4.69, 9.17) is 0 Å². The highest BCUT2D eigenvalue weighted by atomic mass is 32.2. The summed E-state index contributed by atoms with van der Waals surface area (Å²) in [6.07, 6.45) is 5.32. The molecule has 0 spiro atoms. The van der Waals surface area contributed by atoms with E-state index in [1.165, 1.54) is 0 Å². The van der Waals surface area contributed by atoms with E-state index in [-0.39, 0.29) is 6.04 Å². The Kier molecular flexibility index (Phi) is 7.50. The Morgan fingerprint density at radius 1 is 1.08 bits per heavy atom. The summed E-state index contributed by atoms with van der Waals surface area (Å²) in [5.74, 6) is 0.551. The Labute approximate surface area is 218 Å². The van der Waals surface area contributed by atoms with Gasteiger partial charge in [-0.05, 0) is 59.3 Å². The normalized spacial score (nSPS) is 18.1. The lowest BCUT2D eigenvalue weighted by molar-refractivity contribution is 0.369. The van der Waals surface area contributed by atoms with Crippen molar-refractivity contribution in [3.63, 3.8) is 0 Å². The fraction of sp³-hybridized carbons (Fsp3) is 0.296. The van der Waals surface area contributed by atoms with Gasteiger partial charge in [0.15, 0.2) is 0 Å². The minimum atomic E-state index is -1.29. The molecule has 2 heterocycles. The Balaban J connectivity index is 1.66. The molecule has 0 saturated carbocycles. The van der Waals surface area contributed by atoms with E-state index < -0.39 is 11.0 Å². The van der Waals surface area contributed by atoms with Crippen LogP contribution < -0.4 is 4.90 Å². The van der Waals surface area contributed by atoms with Crippen LogP contribution in [0, 0.1) is 0 Å². The fourth-order valence-electron chi connectivity index (χ4n) is 4.68. The molecule has 0 radical (unpaired) electrons. The zero-order valence-corrected chi connectivity index (χ0v) is 22.4. The third kappa shape index (κ3) is 4.83. The number of nitrogens with one attached hydrogen (secondary N) is 1. The Bertz CT molecular complexity index is 1350. The van der Waals surface area contributed by atoms with Crippen molar-refractivity contribution in [3.8, 4) is 22.5 Å². The molecule has 0 bridgehead atoms. The minimum absolute atomic E-state index is 0.182. The standard InChI is InChI=1S/C27H30N6OS2/c1-4-5-12-22-18-33(21-13-7-6-8-14-21)24-17-25(35-3)23(16-26(24)36(34)32(22)2)19-10-9-11-20(15-19)27-28-30-31-29-27/h6-11,13-17,22H,4-5,12,18H2,1-3H3,(H,28,29,30,31). The van der Waals surface area contributed by atoms with Crippen LogP contribution in [0.1, 0.15) is 26.2 Å². The summed E-state index contributed by atoms with van der Waals surface area (Å²) in [6.45, 7) is 3.00. The SMILES string of the molecule is CCCCC1CN(c2ccccc2)c2cc(SC)c(-c3cccc(-c4nn[nH]n4)c3)cc2S(=O)N1C. The number of para-hydroxylation sites is 1. The molecule has 3 aromatic carbocycles. The molecular formula is C27H30N6OS2. The lowest BCUT2D eigenvalue weighted by Gasteiger charge is -2.30. The summed E-state index contributed by atoms with van der Waals surface area (Å²) >= 11 is 1.70. The first-order valence-electron chi connectivity index (χ1n) is 12.1. The highest BCUT2D eigenvalue weighted by Crippen LogP contribution is 2.43. The van der Waals surface area contributed by atoms with Gasteiger partial charge < -0.3 is 4.90 Å². The van der Waals surface area contributed by atoms with Crippen LogP contribution in [-0.4, -0.2) is 55.0 Å². The molecule has 186 valence electrons. The van der Waals surface area contributed by atoms with Gasteiger partial charge in [0.05, 0.1) is 10.6 Å². The number of anilines is 2. The molecule has 9 heteroatoms. The van der Waals surface area contributed by atoms with Crippen LogP contribution >= 0.6 is 11.8 Å². The van der Waals surface area contributed by atoms with Crippen LogP contribution in [0.15, 0.2) is 76.5 Å². The van der Waals surface area contributed by atoms with E-state index in [2.05, 4.69) is 91.5 Å². The van der Waals surface area contributed by atoms with E-state index >= 15 is 0 Å². The number of thioether (sulfide) groups is 1. The zero-order valence-electron chi connectivity index (χ0n) is 20.7. The third-order valence-electron chi connectivity index (χ3n) is 6.66. The number of H-pyrrole nitrogens is 1. The molecule has 4 aromatic rings. The van der Waals surface area contributed by atoms with Gasteiger partial charge in [-0.1, -0.05) is 56.2 Å². The monoisotopic (exact) mass is 518 g/mol. The maximum atomic E-state index is 14.0. The van der Waals surface area contributed by atoms with Crippen molar-refractivity contribution < 1.29 is 4.21 Å². The number of nitrogens with zero attached hydrogens (tertiary/aromatic N) is 5. The maximum Gasteiger partial charge on any atom is 0.204 e. The average molecular weight is 519 g/mol. The summed E-state index contributed by atoms with van der Waals surface area (Å²) in [5, 5.41) is 14.5. The second kappa shape index (κ2) is 10.9. The van der Waals surface area contributed by atoms with Crippen LogP contribution in [0.4, 0.5) is 11.4 Å². The molecule has 2 atom stereocenters. The summed E-state index contributed by atoms with van der Waals surface area (Å²) < 4.78 is 16.0. The quantitative estimate of drug-likeness (QED) is 0.306. The molecule has 0 fully saturated rings. The summed E-state index contributed by atoms with van der Waals surface area (Å²) in [6, 6.07) is 23.0. The number of aromatic amines is 1. The van der Waals surface area contributed by atoms with Gasteiger partial charge in [0.25, 0.3) is 0 Å². The largest absolute Gasteiger partial charge is 0.339 e. The molecule has 0 aliphatic carbocycles. The zero-order chi connectivity index (χ0) is 25.1. The van der Waals surface area contributed by atoms with E-state index in [9.17, 15) is 4.21 Å². The summed E-state index contributed by atoms with van der Waals surface area (Å²) in [7, 11) is 0.702. The molecule has 1 aromatic heterocycles. The Morgan fingerprint density at radius 2 is 1.89 bits per heavy atom. The van der Waals surface area contributed by atoms with Crippen LogP contribution in [0.2, 0.25) is 0 Å². The fourth-order valence-corrected chi connectivity index (χ4v) is 6.63. The van der Waals surface area contributed by atoms with E-state index in [0.717, 1.165) is 63.7 Å². The summed E-state index contributed by atoms with van der Waals surface area (Å²) in [4.78, 5) is 4.31. The van der Waals surface area contributed by atoms with Gasteiger partial charge in [0.2, 0.25) is 5.82 Å². The number of tetrazole rings is 1. The van der Waals surface area contributed by atoms with Gasteiger partial charge in [0.1, 0.15) is 11.0 Å². The van der Waals surface area contributed by atoms with Gasteiger partial charge in [0, 0.05) is 35.8 Å². The molecule has 1 N–H and O–H groups in total. The highest BCUT2D eigenvalue weighted by molar-refractivity contribution is 7.98. The number of rotatable bonds is 7. The van der Waals surface area contributed by atoms with Crippen molar-refractivity contribution in [1.82, 2.24) is 24.9 Å². The lowest BCUT2D eigenvalue weighted by atomic mass is 10.0. The molecule has 36 heavy (non-hydrogen) atoms. The molecular weight excluding hydrogens is 488 g/mol. The molecule has 0 saturated heterocycles. The molecule has 0 amide bonds. The topological polar surface area (TPSA) is 78.0 Å². The molecule has 2 unspecified atom stereocenters. The van der Waals surface area contributed by atoms with E-state index in [1.807, 2.05) is 25.2 Å². The highest BCUT2D eigenvalue weighted by Gasteiger charge is 2.32. The van der Waals surface area contributed by atoms with Crippen molar-refractivity contribution in [1.29, 1.82) is 0 Å². The third-order valence-corrected chi connectivity index (χ3v) is 8.97. The first-order valence-corrected chi connectivity index (χ1v) is 14.5. The van der Waals surface area contributed by atoms with Crippen LogP contribution in [0.25, 0.3) is 22.5 Å². The van der Waals surface area contributed by atoms with Crippen LogP contribution in [-0.2, 0) is 11.0 Å². The van der Waals surface area contributed by atoms with Gasteiger partial charge >= 0.3 is 0 Å². The van der Waals surface area contributed by atoms with Crippen molar-refractivity contribution in [2.24, 2.45) is 0 Å². The number of likely N-dealkylation sites (N-methyl/N-ethyl adjacent to an activating group) is 1. The number of unbranched alkanes of at least 4 members (excludes halogenated alkanes) is 1. The Hall–Kier alpha value is -3.01. The number of hydrogen-bond acceptors (Lipinski definition) is 6. The molecule has 7 nitrogen and oxygen atoms in total.